The lowest BCUT2D eigenvalue weighted by molar-refractivity contribution is -0.125. The fourth-order valence-electron chi connectivity index (χ4n) is 2.50. The second kappa shape index (κ2) is 4.56. The summed E-state index contributed by atoms with van der Waals surface area (Å²) in [6, 6.07) is 1.94. The SMILES string of the molecule is CC1=Nc2cc(F)cc(Cl)c2CN1C1CC(=O)NC1=O. The van der Waals surface area contributed by atoms with Gasteiger partial charge >= 0.3 is 0 Å². The summed E-state index contributed by atoms with van der Waals surface area (Å²) < 4.78 is 13.3. The van der Waals surface area contributed by atoms with Gasteiger partial charge < -0.3 is 4.90 Å². The monoisotopic (exact) mass is 295 g/mol. The number of hydrogen-bond donors (Lipinski definition) is 1. The lowest BCUT2D eigenvalue weighted by Crippen LogP contribution is -2.44. The largest absolute Gasteiger partial charge is 0.343 e. The molecule has 1 saturated heterocycles. The molecule has 2 heterocycles. The van der Waals surface area contributed by atoms with Gasteiger partial charge in [0.2, 0.25) is 11.8 Å². The van der Waals surface area contributed by atoms with Gasteiger partial charge in [-0.15, -0.1) is 0 Å². The summed E-state index contributed by atoms with van der Waals surface area (Å²) in [6.45, 7) is 2.05. The van der Waals surface area contributed by atoms with Gasteiger partial charge in [0.15, 0.2) is 0 Å². The van der Waals surface area contributed by atoms with Crippen molar-refractivity contribution in [2.45, 2.75) is 25.9 Å². The van der Waals surface area contributed by atoms with Gasteiger partial charge in [0, 0.05) is 18.2 Å². The van der Waals surface area contributed by atoms with Crippen molar-refractivity contribution in [1.29, 1.82) is 0 Å². The van der Waals surface area contributed by atoms with Gasteiger partial charge in [-0.05, 0) is 13.0 Å². The summed E-state index contributed by atoms with van der Waals surface area (Å²) in [6.07, 6.45) is 0.0971. The first kappa shape index (κ1) is 13.1. The second-order valence-electron chi connectivity index (χ2n) is 4.80. The van der Waals surface area contributed by atoms with Crippen LogP contribution < -0.4 is 5.32 Å². The third kappa shape index (κ3) is 2.06. The molecule has 0 bridgehead atoms. The first-order chi connectivity index (χ1) is 9.45. The number of carbonyl (C=O) groups is 2. The summed E-state index contributed by atoms with van der Waals surface area (Å²) in [5.41, 5.74) is 1.12. The topological polar surface area (TPSA) is 61.8 Å². The molecule has 3 rings (SSSR count). The molecule has 0 aliphatic carbocycles. The Labute approximate surface area is 119 Å². The lowest BCUT2D eigenvalue weighted by atomic mass is 10.1. The van der Waals surface area contributed by atoms with E-state index in [1.54, 1.807) is 11.8 Å². The molecule has 1 aromatic carbocycles. The fraction of sp³-hybridized carbons (Fsp3) is 0.308. The van der Waals surface area contributed by atoms with Crippen LogP contribution >= 0.6 is 11.6 Å². The maximum absolute atomic E-state index is 13.3. The van der Waals surface area contributed by atoms with Crippen LogP contribution in [0.15, 0.2) is 17.1 Å². The van der Waals surface area contributed by atoms with Crippen LogP contribution in [0.1, 0.15) is 18.9 Å². The molecule has 20 heavy (non-hydrogen) atoms. The zero-order chi connectivity index (χ0) is 14.4. The van der Waals surface area contributed by atoms with E-state index in [1.807, 2.05) is 0 Å². The van der Waals surface area contributed by atoms with Crippen molar-refractivity contribution in [3.05, 3.63) is 28.5 Å². The van der Waals surface area contributed by atoms with Crippen LogP contribution in [0.25, 0.3) is 0 Å². The van der Waals surface area contributed by atoms with Crippen LogP contribution in [-0.4, -0.2) is 28.6 Å². The Kier molecular flexibility index (Phi) is 2.97. The van der Waals surface area contributed by atoms with Crippen LogP contribution in [-0.2, 0) is 16.1 Å². The number of aliphatic imine (C=N–C) groups is 1. The highest BCUT2D eigenvalue weighted by Crippen LogP contribution is 2.34. The van der Waals surface area contributed by atoms with Crippen molar-refractivity contribution in [1.82, 2.24) is 10.2 Å². The normalized spacial score (nSPS) is 21.6. The van der Waals surface area contributed by atoms with E-state index in [4.69, 9.17) is 11.6 Å². The number of amidine groups is 1. The predicted molar refractivity (Wildman–Crippen MR) is 71.3 cm³/mol. The van der Waals surface area contributed by atoms with Gasteiger partial charge in [-0.3, -0.25) is 14.9 Å². The first-order valence-electron chi connectivity index (χ1n) is 6.09. The number of rotatable bonds is 1. The Balaban J connectivity index is 1.99. The Hall–Kier alpha value is -1.95. The van der Waals surface area contributed by atoms with Gasteiger partial charge in [0.25, 0.3) is 0 Å². The molecule has 7 heteroatoms. The smallest absolute Gasteiger partial charge is 0.249 e. The summed E-state index contributed by atoms with van der Waals surface area (Å²) >= 11 is 6.03. The van der Waals surface area contributed by atoms with Gasteiger partial charge in [-0.25, -0.2) is 9.38 Å². The minimum atomic E-state index is -0.583. The second-order valence-corrected chi connectivity index (χ2v) is 5.21. The third-order valence-corrected chi connectivity index (χ3v) is 3.82. The molecule has 104 valence electrons. The number of nitrogens with zero attached hydrogens (tertiary/aromatic N) is 2. The summed E-state index contributed by atoms with van der Waals surface area (Å²) in [5, 5.41) is 2.53. The molecular weight excluding hydrogens is 285 g/mol. The Morgan fingerprint density at radius 1 is 1.45 bits per heavy atom. The lowest BCUT2D eigenvalue weighted by Gasteiger charge is -2.32. The van der Waals surface area contributed by atoms with Crippen molar-refractivity contribution in [3.63, 3.8) is 0 Å². The number of amides is 2. The number of nitrogens with one attached hydrogen (secondary N) is 1. The molecule has 1 atom stereocenters. The van der Waals surface area contributed by atoms with E-state index in [1.165, 1.54) is 12.1 Å². The number of halogens is 2. The van der Waals surface area contributed by atoms with Crippen molar-refractivity contribution in [2.24, 2.45) is 4.99 Å². The van der Waals surface area contributed by atoms with E-state index in [2.05, 4.69) is 10.3 Å². The van der Waals surface area contributed by atoms with E-state index < -0.39 is 11.9 Å². The molecule has 1 fully saturated rings. The molecule has 1 unspecified atom stereocenters. The molecule has 0 radical (unpaired) electrons. The molecular formula is C13H11ClFN3O2. The molecule has 2 aliphatic rings. The van der Waals surface area contributed by atoms with Gasteiger partial charge in [0.05, 0.1) is 17.1 Å². The molecule has 1 N–H and O–H groups in total. The number of benzene rings is 1. The molecule has 2 amide bonds. The quantitative estimate of drug-likeness (QED) is 0.803. The van der Waals surface area contributed by atoms with E-state index >= 15 is 0 Å². The van der Waals surface area contributed by atoms with Gasteiger partial charge in [-0.1, -0.05) is 11.6 Å². The average Bonchev–Trinajstić information content (AvgIpc) is 2.67. The van der Waals surface area contributed by atoms with Gasteiger partial charge in [0.1, 0.15) is 17.7 Å². The van der Waals surface area contributed by atoms with Crippen molar-refractivity contribution in [2.75, 3.05) is 0 Å². The minimum Gasteiger partial charge on any atom is -0.343 e. The van der Waals surface area contributed by atoms with Crippen molar-refractivity contribution in [3.8, 4) is 0 Å². The number of hydrogen-bond acceptors (Lipinski definition) is 4. The average molecular weight is 296 g/mol. The maximum Gasteiger partial charge on any atom is 0.249 e. The number of carbonyl (C=O) groups excluding carboxylic acids is 2. The summed E-state index contributed by atoms with van der Waals surface area (Å²) in [7, 11) is 0. The van der Waals surface area contributed by atoms with E-state index in [-0.39, 0.29) is 23.3 Å². The molecule has 0 aromatic heterocycles. The summed E-state index contributed by atoms with van der Waals surface area (Å²) in [5.74, 6) is -0.531. The Morgan fingerprint density at radius 3 is 2.85 bits per heavy atom. The molecule has 1 aromatic rings. The van der Waals surface area contributed by atoms with E-state index in [0.717, 1.165) is 0 Å². The zero-order valence-electron chi connectivity index (χ0n) is 10.6. The third-order valence-electron chi connectivity index (χ3n) is 3.48. The highest BCUT2D eigenvalue weighted by Gasteiger charge is 2.37. The highest BCUT2D eigenvalue weighted by molar-refractivity contribution is 6.31. The van der Waals surface area contributed by atoms with Crippen molar-refractivity contribution < 1.29 is 14.0 Å². The maximum atomic E-state index is 13.3. The Morgan fingerprint density at radius 2 is 2.20 bits per heavy atom. The van der Waals surface area contributed by atoms with Gasteiger partial charge in [-0.2, -0.15) is 0 Å². The van der Waals surface area contributed by atoms with E-state index in [9.17, 15) is 14.0 Å². The summed E-state index contributed by atoms with van der Waals surface area (Å²) in [4.78, 5) is 29.0. The van der Waals surface area contributed by atoms with Crippen LogP contribution in [0, 0.1) is 5.82 Å². The standard InChI is InChI=1S/C13H11ClFN3O2/c1-6-16-10-3-7(15)2-9(14)8(10)5-18(6)11-4-12(19)17-13(11)20/h2-3,11H,4-5H2,1H3,(H,17,19,20). The van der Waals surface area contributed by atoms with Crippen LogP contribution in [0.5, 0.6) is 0 Å². The zero-order valence-corrected chi connectivity index (χ0v) is 11.4. The van der Waals surface area contributed by atoms with Crippen LogP contribution in [0.2, 0.25) is 5.02 Å². The minimum absolute atomic E-state index is 0.0971. The molecule has 5 nitrogen and oxygen atoms in total. The fourth-order valence-corrected chi connectivity index (χ4v) is 2.76. The van der Waals surface area contributed by atoms with Crippen LogP contribution in [0.3, 0.4) is 0 Å². The predicted octanol–water partition coefficient (Wildman–Crippen LogP) is 1.76. The molecule has 0 saturated carbocycles. The van der Waals surface area contributed by atoms with Crippen molar-refractivity contribution >= 4 is 34.9 Å². The highest BCUT2D eigenvalue weighted by atomic mass is 35.5. The number of fused-ring (bicyclic) bond motifs is 1. The molecule has 2 aliphatic heterocycles. The number of imide groups is 1. The Bertz CT molecular complexity index is 659. The van der Waals surface area contributed by atoms with Crippen LogP contribution in [0.4, 0.5) is 10.1 Å². The molecule has 0 spiro atoms. The van der Waals surface area contributed by atoms with E-state index in [0.29, 0.717) is 23.6 Å². The first-order valence-corrected chi connectivity index (χ1v) is 6.47.